The molecule has 24 heavy (non-hydrogen) atoms. The molecule has 0 spiro atoms. The summed E-state index contributed by atoms with van der Waals surface area (Å²) in [6, 6.07) is 1.64. The van der Waals surface area contributed by atoms with Crippen LogP contribution in [0.4, 0.5) is 23.2 Å². The van der Waals surface area contributed by atoms with E-state index in [4.69, 9.17) is 4.74 Å². The van der Waals surface area contributed by atoms with Gasteiger partial charge in [0.15, 0.2) is 0 Å². The maximum Gasteiger partial charge on any atom is 0.419 e. The van der Waals surface area contributed by atoms with E-state index in [9.17, 15) is 27.2 Å². The molecule has 132 valence electrons. The number of carbonyl (C=O) groups is 2. The molecular formula is C15H16F4N2O3. The van der Waals surface area contributed by atoms with E-state index in [1.54, 1.807) is 13.8 Å². The van der Waals surface area contributed by atoms with Crippen LogP contribution in [0.15, 0.2) is 18.2 Å². The molecule has 2 atom stereocenters. The number of halogens is 4. The fourth-order valence-electron chi connectivity index (χ4n) is 2.35. The summed E-state index contributed by atoms with van der Waals surface area (Å²) in [4.78, 5) is 25.5. The summed E-state index contributed by atoms with van der Waals surface area (Å²) >= 11 is 0. The summed E-state index contributed by atoms with van der Waals surface area (Å²) in [6.07, 6.45) is -5.17. The second-order valence-electron chi connectivity index (χ2n) is 5.46. The van der Waals surface area contributed by atoms with Crippen molar-refractivity contribution < 1.29 is 31.9 Å². The molecular weight excluding hydrogens is 332 g/mol. The number of alkyl halides is 3. The second-order valence-corrected chi connectivity index (χ2v) is 5.46. The minimum Gasteiger partial charge on any atom is -0.375 e. The van der Waals surface area contributed by atoms with Gasteiger partial charge in [0, 0.05) is 12.2 Å². The quantitative estimate of drug-likeness (QED) is 0.626. The molecule has 0 aromatic heterocycles. The summed E-state index contributed by atoms with van der Waals surface area (Å²) in [5.74, 6) is -3.42. The van der Waals surface area contributed by atoms with Crippen LogP contribution in [0.5, 0.6) is 0 Å². The van der Waals surface area contributed by atoms with Gasteiger partial charge in [0.1, 0.15) is 5.82 Å². The van der Waals surface area contributed by atoms with Crippen molar-refractivity contribution in [3.63, 3.8) is 0 Å². The Kier molecular flexibility index (Phi) is 5.12. The van der Waals surface area contributed by atoms with Gasteiger partial charge in [0.25, 0.3) is 0 Å². The van der Waals surface area contributed by atoms with E-state index in [1.165, 1.54) is 4.90 Å². The average Bonchev–Trinajstić information content (AvgIpc) is 2.50. The normalized spacial score (nSPS) is 21.5. The molecule has 1 aliphatic heterocycles. The Balaban J connectivity index is 2.13. The first-order valence-electron chi connectivity index (χ1n) is 7.21. The number of nitrogens with one attached hydrogen (secondary N) is 1. The molecule has 2 rings (SSSR count). The van der Waals surface area contributed by atoms with Gasteiger partial charge in [0.05, 0.1) is 24.3 Å². The summed E-state index contributed by atoms with van der Waals surface area (Å²) in [6.45, 7) is 3.92. The van der Waals surface area contributed by atoms with Crippen LogP contribution >= 0.6 is 0 Å². The zero-order chi connectivity index (χ0) is 18.1. The molecule has 5 nitrogen and oxygen atoms in total. The molecule has 1 aromatic carbocycles. The SMILES string of the molecule is CC1OCCN(C(=O)C(=O)Nc2ccc(F)c(C(F)(F)F)c2)C1C. The molecule has 0 aliphatic carbocycles. The number of anilines is 1. The topological polar surface area (TPSA) is 58.6 Å². The summed E-state index contributed by atoms with van der Waals surface area (Å²) in [5, 5.41) is 2.08. The van der Waals surface area contributed by atoms with Crippen molar-refractivity contribution >= 4 is 17.5 Å². The van der Waals surface area contributed by atoms with E-state index in [0.29, 0.717) is 12.1 Å². The number of carbonyl (C=O) groups excluding carboxylic acids is 2. The Morgan fingerprint density at radius 2 is 1.96 bits per heavy atom. The minimum atomic E-state index is -4.90. The van der Waals surface area contributed by atoms with Crippen LogP contribution in [0.3, 0.4) is 0 Å². The van der Waals surface area contributed by atoms with Crippen molar-refractivity contribution in [3.05, 3.63) is 29.6 Å². The Hall–Kier alpha value is -2.16. The molecule has 2 unspecified atom stereocenters. The van der Waals surface area contributed by atoms with Crippen LogP contribution < -0.4 is 5.32 Å². The Bertz CT molecular complexity index is 648. The average molecular weight is 348 g/mol. The first-order valence-corrected chi connectivity index (χ1v) is 7.21. The zero-order valence-corrected chi connectivity index (χ0v) is 13.0. The number of amides is 2. The maximum absolute atomic E-state index is 13.2. The van der Waals surface area contributed by atoms with Gasteiger partial charge >= 0.3 is 18.0 Å². The fourth-order valence-corrected chi connectivity index (χ4v) is 2.35. The molecule has 0 radical (unpaired) electrons. The van der Waals surface area contributed by atoms with E-state index >= 15 is 0 Å². The predicted molar refractivity (Wildman–Crippen MR) is 76.6 cm³/mol. The highest BCUT2D eigenvalue weighted by Gasteiger charge is 2.35. The van der Waals surface area contributed by atoms with Crippen molar-refractivity contribution in [2.24, 2.45) is 0 Å². The number of nitrogens with zero attached hydrogens (tertiary/aromatic N) is 1. The van der Waals surface area contributed by atoms with Gasteiger partial charge in [-0.1, -0.05) is 0 Å². The number of rotatable bonds is 1. The van der Waals surface area contributed by atoms with Crippen LogP contribution in [0.25, 0.3) is 0 Å². The Morgan fingerprint density at radius 1 is 1.29 bits per heavy atom. The van der Waals surface area contributed by atoms with Crippen molar-refractivity contribution in [2.45, 2.75) is 32.2 Å². The number of benzene rings is 1. The lowest BCUT2D eigenvalue weighted by molar-refractivity contribution is -0.152. The van der Waals surface area contributed by atoms with E-state index < -0.39 is 29.4 Å². The smallest absolute Gasteiger partial charge is 0.375 e. The molecule has 9 heteroatoms. The monoisotopic (exact) mass is 348 g/mol. The fraction of sp³-hybridized carbons (Fsp3) is 0.467. The molecule has 1 fully saturated rings. The number of hydrogen-bond acceptors (Lipinski definition) is 3. The number of morpholine rings is 1. The van der Waals surface area contributed by atoms with Gasteiger partial charge in [-0.05, 0) is 32.0 Å². The molecule has 1 saturated heterocycles. The highest BCUT2D eigenvalue weighted by Crippen LogP contribution is 2.33. The van der Waals surface area contributed by atoms with Crippen LogP contribution in [0, 0.1) is 5.82 Å². The van der Waals surface area contributed by atoms with Gasteiger partial charge in [-0.15, -0.1) is 0 Å². The third-order valence-electron chi connectivity index (χ3n) is 3.87. The highest BCUT2D eigenvalue weighted by atomic mass is 19.4. The lowest BCUT2D eigenvalue weighted by atomic mass is 10.1. The highest BCUT2D eigenvalue weighted by molar-refractivity contribution is 6.39. The van der Waals surface area contributed by atoms with Gasteiger partial charge in [-0.25, -0.2) is 4.39 Å². The van der Waals surface area contributed by atoms with Crippen molar-refractivity contribution in [2.75, 3.05) is 18.5 Å². The van der Waals surface area contributed by atoms with Crippen LogP contribution in [-0.2, 0) is 20.5 Å². The third kappa shape index (κ3) is 3.84. The van der Waals surface area contributed by atoms with Gasteiger partial charge in [-0.2, -0.15) is 13.2 Å². The van der Waals surface area contributed by atoms with E-state index in [0.717, 1.165) is 6.07 Å². The molecule has 1 aliphatic rings. The predicted octanol–water partition coefficient (Wildman–Crippen LogP) is 2.42. The molecule has 1 N–H and O–H groups in total. The second kappa shape index (κ2) is 6.76. The summed E-state index contributed by atoms with van der Waals surface area (Å²) in [5.41, 5.74) is -1.82. The van der Waals surface area contributed by atoms with Crippen LogP contribution in [0.1, 0.15) is 19.4 Å². The van der Waals surface area contributed by atoms with Crippen molar-refractivity contribution in [1.82, 2.24) is 4.90 Å². The van der Waals surface area contributed by atoms with Gasteiger partial charge in [-0.3, -0.25) is 9.59 Å². The first-order chi connectivity index (χ1) is 11.1. The third-order valence-corrected chi connectivity index (χ3v) is 3.87. The zero-order valence-electron chi connectivity index (χ0n) is 13.0. The van der Waals surface area contributed by atoms with E-state index in [2.05, 4.69) is 5.32 Å². The lowest BCUT2D eigenvalue weighted by Gasteiger charge is -2.37. The van der Waals surface area contributed by atoms with Gasteiger partial charge < -0.3 is 15.0 Å². The van der Waals surface area contributed by atoms with E-state index in [-0.39, 0.29) is 31.0 Å². The van der Waals surface area contributed by atoms with Crippen molar-refractivity contribution in [1.29, 1.82) is 0 Å². The Morgan fingerprint density at radius 3 is 2.58 bits per heavy atom. The Labute approximate surface area is 135 Å². The minimum absolute atomic E-state index is 0.203. The van der Waals surface area contributed by atoms with E-state index in [1.807, 2.05) is 0 Å². The van der Waals surface area contributed by atoms with Crippen LogP contribution in [0.2, 0.25) is 0 Å². The van der Waals surface area contributed by atoms with Crippen LogP contribution in [-0.4, -0.2) is 42.0 Å². The van der Waals surface area contributed by atoms with Crippen molar-refractivity contribution in [3.8, 4) is 0 Å². The number of ether oxygens (including phenoxy) is 1. The molecule has 0 saturated carbocycles. The standard InChI is InChI=1S/C15H16F4N2O3/c1-8-9(2)24-6-5-21(8)14(23)13(22)20-10-3-4-12(16)11(7-10)15(17,18)19/h3-4,7-9H,5-6H2,1-2H3,(H,20,22). The molecule has 0 bridgehead atoms. The summed E-state index contributed by atoms with van der Waals surface area (Å²) < 4.78 is 56.6. The first kappa shape index (κ1) is 18.2. The van der Waals surface area contributed by atoms with Gasteiger partial charge in [0.2, 0.25) is 0 Å². The molecule has 2 amide bonds. The lowest BCUT2D eigenvalue weighted by Crippen LogP contribution is -2.54. The maximum atomic E-state index is 13.2. The molecule has 1 aromatic rings. The summed E-state index contributed by atoms with van der Waals surface area (Å²) in [7, 11) is 0. The molecule has 1 heterocycles. The largest absolute Gasteiger partial charge is 0.419 e. The number of hydrogen-bond donors (Lipinski definition) is 1.